The summed E-state index contributed by atoms with van der Waals surface area (Å²) in [6, 6.07) is 9.51. The van der Waals surface area contributed by atoms with Crippen LogP contribution in [0.1, 0.15) is 29.8 Å². The van der Waals surface area contributed by atoms with Crippen molar-refractivity contribution in [2.75, 3.05) is 35.7 Å². The Morgan fingerprint density at radius 1 is 0.943 bits per heavy atom. The van der Waals surface area contributed by atoms with Crippen molar-refractivity contribution in [3.8, 4) is 11.5 Å². The maximum Gasteiger partial charge on any atom is 0.418 e. The van der Waals surface area contributed by atoms with Gasteiger partial charge in [0.1, 0.15) is 17.8 Å². The smallest absolute Gasteiger partial charge is 0.418 e. The summed E-state index contributed by atoms with van der Waals surface area (Å²) < 4.78 is 56.7. The summed E-state index contributed by atoms with van der Waals surface area (Å²) in [6.07, 6.45) is -2.28. The van der Waals surface area contributed by atoms with Crippen LogP contribution in [0.4, 0.5) is 30.2 Å². The van der Waals surface area contributed by atoms with E-state index in [1.54, 1.807) is 25.1 Å². The number of alkyl halides is 3. The largest absolute Gasteiger partial charge is 0.494 e. The molecule has 0 radical (unpaired) electrons. The highest BCUT2D eigenvalue weighted by Gasteiger charge is 2.34. The minimum Gasteiger partial charge on any atom is -0.494 e. The van der Waals surface area contributed by atoms with Gasteiger partial charge in [0.05, 0.1) is 42.8 Å². The Kier molecular flexibility index (Phi) is 8.24. The number of carbonyl (C=O) groups excluding carboxylic acids is 2. The lowest BCUT2D eigenvalue weighted by molar-refractivity contribution is -0.137. The molecule has 0 aliphatic carbocycles. The van der Waals surface area contributed by atoms with Gasteiger partial charge in [-0.25, -0.2) is 0 Å². The van der Waals surface area contributed by atoms with E-state index in [0.717, 1.165) is 12.1 Å². The molecular formula is C24H24F3N3O5. The fourth-order valence-corrected chi connectivity index (χ4v) is 3.12. The van der Waals surface area contributed by atoms with Crippen molar-refractivity contribution >= 4 is 28.9 Å². The zero-order valence-electron chi connectivity index (χ0n) is 19.0. The second-order valence-corrected chi connectivity index (χ2v) is 7.15. The van der Waals surface area contributed by atoms with Crippen molar-refractivity contribution in [2.24, 2.45) is 0 Å². The zero-order valence-corrected chi connectivity index (χ0v) is 19.0. The average molecular weight is 491 g/mol. The van der Waals surface area contributed by atoms with Crippen LogP contribution in [0.2, 0.25) is 0 Å². The van der Waals surface area contributed by atoms with Crippen LogP contribution >= 0.6 is 0 Å². The van der Waals surface area contributed by atoms with Crippen LogP contribution in [0.25, 0.3) is 0 Å². The molecule has 11 heteroatoms. The van der Waals surface area contributed by atoms with Crippen molar-refractivity contribution in [1.82, 2.24) is 0 Å². The van der Waals surface area contributed by atoms with E-state index in [1.165, 1.54) is 24.7 Å². The van der Waals surface area contributed by atoms with Crippen molar-refractivity contribution < 1.29 is 36.7 Å². The highest BCUT2D eigenvalue weighted by Crippen LogP contribution is 2.37. The molecule has 3 N–H and O–H groups in total. The summed E-state index contributed by atoms with van der Waals surface area (Å²) in [5.41, 5.74) is -0.923. The first-order chi connectivity index (χ1) is 16.7. The lowest BCUT2D eigenvalue weighted by Gasteiger charge is -2.17. The Morgan fingerprint density at radius 2 is 1.71 bits per heavy atom. The summed E-state index contributed by atoms with van der Waals surface area (Å²) in [4.78, 5) is 24.6. The molecule has 186 valence electrons. The Balaban J connectivity index is 1.72. The second kappa shape index (κ2) is 11.3. The molecule has 35 heavy (non-hydrogen) atoms. The number of hydrogen-bond acceptors (Lipinski definition) is 6. The van der Waals surface area contributed by atoms with Gasteiger partial charge >= 0.3 is 6.18 Å². The van der Waals surface area contributed by atoms with Crippen LogP contribution in [0.15, 0.2) is 59.4 Å². The fraction of sp³-hybridized carbons (Fsp3) is 0.250. The van der Waals surface area contributed by atoms with E-state index in [1.807, 2.05) is 6.92 Å². The molecule has 0 spiro atoms. The Labute approximate surface area is 199 Å². The third-order valence-corrected chi connectivity index (χ3v) is 4.64. The molecule has 0 aliphatic rings. The number of amides is 2. The molecule has 2 amide bonds. The van der Waals surface area contributed by atoms with E-state index < -0.39 is 30.1 Å². The number of benzene rings is 2. The minimum absolute atomic E-state index is 0.0624. The first-order valence-electron chi connectivity index (χ1n) is 10.7. The van der Waals surface area contributed by atoms with E-state index in [4.69, 9.17) is 13.9 Å². The summed E-state index contributed by atoms with van der Waals surface area (Å²) in [7, 11) is 0. The number of hydrogen-bond donors (Lipinski definition) is 3. The van der Waals surface area contributed by atoms with Crippen molar-refractivity contribution in [3.63, 3.8) is 0 Å². The molecule has 0 fully saturated rings. The van der Waals surface area contributed by atoms with Crippen LogP contribution in [0, 0.1) is 0 Å². The fourth-order valence-electron chi connectivity index (χ4n) is 3.12. The maximum atomic E-state index is 13.7. The van der Waals surface area contributed by atoms with Crippen molar-refractivity contribution in [3.05, 3.63) is 66.1 Å². The topological polar surface area (TPSA) is 102 Å². The molecule has 0 saturated carbocycles. The summed E-state index contributed by atoms with van der Waals surface area (Å²) in [6.45, 7) is 3.91. The predicted molar refractivity (Wildman–Crippen MR) is 124 cm³/mol. The Hall–Kier alpha value is -4.15. The normalized spacial score (nSPS) is 11.0. The van der Waals surface area contributed by atoms with Gasteiger partial charge in [-0.3, -0.25) is 9.59 Å². The van der Waals surface area contributed by atoms with Crippen LogP contribution in [-0.4, -0.2) is 31.6 Å². The van der Waals surface area contributed by atoms with Crippen LogP contribution in [-0.2, 0) is 11.0 Å². The molecule has 2 aromatic carbocycles. The van der Waals surface area contributed by atoms with E-state index in [9.17, 15) is 22.8 Å². The van der Waals surface area contributed by atoms with Crippen molar-refractivity contribution in [1.29, 1.82) is 0 Å². The number of nitrogens with one attached hydrogen (secondary N) is 3. The SMILES string of the molecule is CCOc1ccc(OCC)c(NC(=O)CNc2ccc(NC(=O)c3ccoc3)cc2C(F)(F)F)c1. The Morgan fingerprint density at radius 3 is 2.37 bits per heavy atom. The van der Waals surface area contributed by atoms with E-state index in [-0.39, 0.29) is 16.9 Å². The molecular weight excluding hydrogens is 467 g/mol. The van der Waals surface area contributed by atoms with Crippen molar-refractivity contribution in [2.45, 2.75) is 20.0 Å². The molecule has 1 aromatic heterocycles. The van der Waals surface area contributed by atoms with Gasteiger partial charge in [0.2, 0.25) is 5.91 Å². The van der Waals surface area contributed by atoms with Gasteiger partial charge in [0.15, 0.2) is 0 Å². The van der Waals surface area contributed by atoms with Gasteiger partial charge in [0, 0.05) is 17.4 Å². The third kappa shape index (κ3) is 6.92. The minimum atomic E-state index is -4.73. The average Bonchev–Trinajstić information content (AvgIpc) is 3.35. The molecule has 0 saturated heterocycles. The summed E-state index contributed by atoms with van der Waals surface area (Å²) in [5.74, 6) is -0.305. The van der Waals surface area contributed by atoms with Gasteiger partial charge in [-0.1, -0.05) is 0 Å². The molecule has 0 bridgehead atoms. The Bertz CT molecular complexity index is 1160. The molecule has 0 unspecified atom stereocenters. The van der Waals surface area contributed by atoms with E-state index in [2.05, 4.69) is 16.0 Å². The van der Waals surface area contributed by atoms with E-state index in [0.29, 0.717) is 30.4 Å². The van der Waals surface area contributed by atoms with Gasteiger partial charge in [-0.2, -0.15) is 13.2 Å². The molecule has 8 nitrogen and oxygen atoms in total. The van der Waals surface area contributed by atoms with Crippen LogP contribution < -0.4 is 25.4 Å². The molecule has 0 atom stereocenters. The molecule has 3 aromatic rings. The number of carbonyl (C=O) groups is 2. The molecule has 0 aliphatic heterocycles. The lowest BCUT2D eigenvalue weighted by atomic mass is 10.1. The maximum absolute atomic E-state index is 13.7. The molecule has 1 heterocycles. The number of furan rings is 1. The summed E-state index contributed by atoms with van der Waals surface area (Å²) in [5, 5.41) is 7.51. The number of ether oxygens (including phenoxy) is 2. The molecule has 3 rings (SSSR count). The van der Waals surface area contributed by atoms with Crippen LogP contribution in [0.5, 0.6) is 11.5 Å². The van der Waals surface area contributed by atoms with E-state index >= 15 is 0 Å². The number of halogens is 3. The quantitative estimate of drug-likeness (QED) is 0.351. The number of rotatable bonds is 10. The highest BCUT2D eigenvalue weighted by molar-refractivity contribution is 6.04. The third-order valence-electron chi connectivity index (χ3n) is 4.64. The monoisotopic (exact) mass is 491 g/mol. The van der Waals surface area contributed by atoms with Gasteiger partial charge < -0.3 is 29.8 Å². The second-order valence-electron chi connectivity index (χ2n) is 7.15. The standard InChI is InChI=1S/C24H24F3N3O5/c1-3-34-17-6-8-21(35-4-2)20(12-17)30-22(31)13-28-19-7-5-16(11-18(19)24(25,26)27)29-23(32)15-9-10-33-14-15/h5-12,14,28H,3-4,13H2,1-2H3,(H,29,32)(H,30,31). The first-order valence-corrected chi connectivity index (χ1v) is 10.7. The zero-order chi connectivity index (χ0) is 25.4. The highest BCUT2D eigenvalue weighted by atomic mass is 19.4. The first kappa shape index (κ1) is 25.5. The predicted octanol–water partition coefficient (Wildman–Crippen LogP) is 5.40. The summed E-state index contributed by atoms with van der Waals surface area (Å²) >= 11 is 0. The van der Waals surface area contributed by atoms with Gasteiger partial charge in [-0.05, 0) is 50.2 Å². The number of anilines is 3. The lowest BCUT2D eigenvalue weighted by Crippen LogP contribution is -2.23. The van der Waals surface area contributed by atoms with Gasteiger partial charge in [-0.15, -0.1) is 0 Å². The van der Waals surface area contributed by atoms with Gasteiger partial charge in [0.25, 0.3) is 5.91 Å². The van der Waals surface area contributed by atoms with Crippen LogP contribution in [0.3, 0.4) is 0 Å².